The van der Waals surface area contributed by atoms with Gasteiger partial charge in [0.2, 0.25) is 0 Å². The van der Waals surface area contributed by atoms with Crippen molar-refractivity contribution in [2.75, 3.05) is 23.9 Å². The quantitative estimate of drug-likeness (QED) is 0.592. The zero-order valence-corrected chi connectivity index (χ0v) is 17.2. The van der Waals surface area contributed by atoms with E-state index in [4.69, 9.17) is 5.26 Å². The number of ether oxygens (including phenoxy) is 1. The molecule has 9 nitrogen and oxygen atoms in total. The molecule has 2 aromatic heterocycles. The second kappa shape index (κ2) is 8.70. The maximum Gasteiger partial charge on any atom is 0.417 e. The maximum absolute atomic E-state index is 13.3. The first-order valence-electron chi connectivity index (χ1n) is 9.68. The highest BCUT2D eigenvalue weighted by atomic mass is 19.4. The number of esters is 1. The van der Waals surface area contributed by atoms with Crippen molar-refractivity contribution < 1.29 is 22.7 Å². The van der Waals surface area contributed by atoms with Crippen molar-refractivity contribution in [3.63, 3.8) is 0 Å². The number of rotatable bonds is 4. The molecule has 3 heterocycles. The van der Waals surface area contributed by atoms with Crippen molar-refractivity contribution in [2.24, 2.45) is 0 Å². The molecule has 1 aliphatic heterocycles. The van der Waals surface area contributed by atoms with E-state index in [1.165, 1.54) is 31.6 Å². The van der Waals surface area contributed by atoms with E-state index >= 15 is 0 Å². The molecule has 0 aliphatic carbocycles. The van der Waals surface area contributed by atoms with Gasteiger partial charge < -0.3 is 15.0 Å². The average Bonchev–Trinajstić information content (AvgIpc) is 2.83. The van der Waals surface area contributed by atoms with Crippen molar-refractivity contribution in [1.29, 1.82) is 5.26 Å². The van der Waals surface area contributed by atoms with E-state index in [9.17, 15) is 18.0 Å². The molecule has 1 N–H and O–H groups in total. The Labute approximate surface area is 185 Å². The molecule has 0 spiro atoms. The third kappa shape index (κ3) is 4.52. The lowest BCUT2D eigenvalue weighted by Gasteiger charge is -2.31. The lowest BCUT2D eigenvalue weighted by atomic mass is 10.0. The number of nitrogens with zero attached hydrogens (tertiary/aromatic N) is 6. The van der Waals surface area contributed by atoms with Crippen molar-refractivity contribution >= 4 is 23.3 Å². The molecular weight excluding hydrogens is 439 g/mol. The minimum atomic E-state index is -4.63. The van der Waals surface area contributed by atoms with Crippen molar-refractivity contribution in [1.82, 2.24) is 20.2 Å². The molecule has 0 atom stereocenters. The summed E-state index contributed by atoms with van der Waals surface area (Å²) in [6.45, 7) is 0.688. The Hall–Kier alpha value is -4.27. The maximum atomic E-state index is 13.3. The zero-order chi connectivity index (χ0) is 23.6. The average molecular weight is 455 g/mol. The summed E-state index contributed by atoms with van der Waals surface area (Å²) < 4.78 is 44.6. The Kier molecular flexibility index (Phi) is 5.78. The third-order valence-electron chi connectivity index (χ3n) is 5.11. The summed E-state index contributed by atoms with van der Waals surface area (Å²) in [6, 6.07) is 8.26. The van der Waals surface area contributed by atoms with Crippen LogP contribution >= 0.6 is 0 Å². The van der Waals surface area contributed by atoms with Gasteiger partial charge in [-0.1, -0.05) is 0 Å². The van der Waals surface area contributed by atoms with E-state index in [-0.39, 0.29) is 12.2 Å². The van der Waals surface area contributed by atoms with E-state index in [0.29, 0.717) is 36.0 Å². The van der Waals surface area contributed by atoms with Crippen LogP contribution in [-0.2, 0) is 23.9 Å². The van der Waals surface area contributed by atoms with Crippen LogP contribution in [0, 0.1) is 11.3 Å². The van der Waals surface area contributed by atoms with Gasteiger partial charge in [0.15, 0.2) is 11.5 Å². The Bertz CT molecular complexity index is 1240. The van der Waals surface area contributed by atoms with Crippen molar-refractivity contribution in [3.8, 4) is 6.07 Å². The molecule has 0 saturated carbocycles. The van der Waals surface area contributed by atoms with Gasteiger partial charge in [0.1, 0.15) is 12.1 Å². The third-order valence-corrected chi connectivity index (χ3v) is 5.11. The summed E-state index contributed by atoms with van der Waals surface area (Å²) in [7, 11) is 1.24. The van der Waals surface area contributed by atoms with E-state index < -0.39 is 23.3 Å². The molecule has 0 amide bonds. The summed E-state index contributed by atoms with van der Waals surface area (Å²) in [4.78, 5) is 21.8. The van der Waals surface area contributed by atoms with Gasteiger partial charge in [0.25, 0.3) is 0 Å². The van der Waals surface area contributed by atoms with Crippen molar-refractivity contribution in [3.05, 3.63) is 64.7 Å². The molecular formula is C21H16F3N7O2. The Morgan fingerprint density at radius 3 is 2.70 bits per heavy atom. The minimum absolute atomic E-state index is 0.0593. The number of carbonyl (C=O) groups is 1. The number of aromatic nitrogens is 4. The first-order valence-corrected chi connectivity index (χ1v) is 9.68. The predicted octanol–water partition coefficient (Wildman–Crippen LogP) is 3.25. The van der Waals surface area contributed by atoms with Crippen LogP contribution in [0.5, 0.6) is 0 Å². The molecule has 0 radical (unpaired) electrons. The number of hydrogen-bond donors (Lipinski definition) is 1. The number of benzene rings is 1. The molecule has 4 rings (SSSR count). The molecule has 1 aliphatic rings. The first kappa shape index (κ1) is 21.9. The Morgan fingerprint density at radius 1 is 1.21 bits per heavy atom. The summed E-state index contributed by atoms with van der Waals surface area (Å²) in [6.07, 6.45) is -2.81. The fraction of sp³-hybridized carbons (Fsp3) is 0.238. The largest absolute Gasteiger partial charge is 0.464 e. The highest BCUT2D eigenvalue weighted by molar-refractivity contribution is 5.87. The number of anilines is 3. The minimum Gasteiger partial charge on any atom is -0.464 e. The van der Waals surface area contributed by atoms with Gasteiger partial charge >= 0.3 is 12.1 Å². The summed E-state index contributed by atoms with van der Waals surface area (Å²) >= 11 is 0. The highest BCUT2D eigenvalue weighted by Crippen LogP contribution is 2.36. The zero-order valence-electron chi connectivity index (χ0n) is 17.2. The number of hydrogen-bond acceptors (Lipinski definition) is 9. The Morgan fingerprint density at radius 2 is 2.03 bits per heavy atom. The van der Waals surface area contributed by atoms with Crippen molar-refractivity contribution in [2.45, 2.75) is 19.1 Å². The van der Waals surface area contributed by atoms with Gasteiger partial charge in [-0.2, -0.15) is 18.4 Å². The van der Waals surface area contributed by atoms with Crippen LogP contribution in [0.25, 0.3) is 0 Å². The fourth-order valence-corrected chi connectivity index (χ4v) is 3.48. The van der Waals surface area contributed by atoms with Gasteiger partial charge in [-0.3, -0.25) is 0 Å². The number of halogens is 3. The monoisotopic (exact) mass is 455 g/mol. The van der Waals surface area contributed by atoms with E-state index in [0.717, 1.165) is 11.6 Å². The van der Waals surface area contributed by atoms with Gasteiger partial charge in [0.05, 0.1) is 36.5 Å². The molecule has 168 valence electrons. The SMILES string of the molecule is COC(=O)c1ccc(Nc2ncnc3c2CCN(c2ccc(C#N)c(C(F)(F)F)c2)C3)nn1. The summed E-state index contributed by atoms with van der Waals surface area (Å²) in [5.41, 5.74) is 0.477. The number of nitriles is 1. The van der Waals surface area contributed by atoms with Gasteiger partial charge in [0, 0.05) is 17.8 Å². The highest BCUT2D eigenvalue weighted by Gasteiger charge is 2.34. The van der Waals surface area contributed by atoms with Crippen LogP contribution in [0.1, 0.15) is 32.9 Å². The fourth-order valence-electron chi connectivity index (χ4n) is 3.48. The molecule has 0 saturated heterocycles. The number of nitrogens with one attached hydrogen (secondary N) is 1. The second-order valence-electron chi connectivity index (χ2n) is 7.08. The normalized spacial score (nSPS) is 13.1. The van der Waals surface area contributed by atoms with Gasteiger partial charge in [-0.05, 0) is 36.8 Å². The molecule has 33 heavy (non-hydrogen) atoms. The van der Waals surface area contributed by atoms with Crippen LogP contribution in [0.3, 0.4) is 0 Å². The van der Waals surface area contributed by atoms with E-state index in [1.54, 1.807) is 17.0 Å². The Balaban J connectivity index is 1.56. The lowest BCUT2D eigenvalue weighted by Crippen LogP contribution is -2.32. The van der Waals surface area contributed by atoms with Crippen LogP contribution in [-0.4, -0.2) is 39.8 Å². The smallest absolute Gasteiger partial charge is 0.417 e. The number of alkyl halides is 3. The standard InChI is InChI=1S/C21H16F3N7O2/c1-33-20(32)16-4-5-18(30-29-16)28-19-14-6-7-31(10-17(14)26-11-27-19)13-3-2-12(9-25)15(8-13)21(22,23)24/h2-5,8,11H,6-7,10H2,1H3,(H,26,27,28,30). The van der Waals surface area contributed by atoms with Crippen LogP contribution in [0.15, 0.2) is 36.7 Å². The van der Waals surface area contributed by atoms with E-state index in [1.807, 2.05) is 0 Å². The molecule has 0 bridgehead atoms. The lowest BCUT2D eigenvalue weighted by molar-refractivity contribution is -0.137. The number of fused-ring (bicyclic) bond motifs is 1. The number of methoxy groups -OCH3 is 1. The number of carbonyl (C=O) groups excluding carboxylic acids is 1. The van der Waals surface area contributed by atoms with Gasteiger partial charge in [-0.15, -0.1) is 10.2 Å². The molecule has 0 unspecified atom stereocenters. The first-order chi connectivity index (χ1) is 15.8. The summed E-state index contributed by atoms with van der Waals surface area (Å²) in [5, 5.41) is 19.8. The molecule has 3 aromatic rings. The molecule has 12 heteroatoms. The molecule has 1 aromatic carbocycles. The van der Waals surface area contributed by atoms with Crippen LogP contribution in [0.2, 0.25) is 0 Å². The topological polar surface area (TPSA) is 117 Å². The molecule has 0 fully saturated rings. The predicted molar refractivity (Wildman–Crippen MR) is 110 cm³/mol. The van der Waals surface area contributed by atoms with Crippen LogP contribution in [0.4, 0.5) is 30.5 Å². The summed E-state index contributed by atoms with van der Waals surface area (Å²) in [5.74, 6) is 0.244. The van der Waals surface area contributed by atoms with E-state index in [2.05, 4.69) is 30.2 Å². The second-order valence-corrected chi connectivity index (χ2v) is 7.08. The van der Waals surface area contributed by atoms with Crippen LogP contribution < -0.4 is 10.2 Å². The van der Waals surface area contributed by atoms with Gasteiger partial charge in [-0.25, -0.2) is 14.8 Å².